The van der Waals surface area contributed by atoms with Crippen LogP contribution in [0.3, 0.4) is 0 Å². The van der Waals surface area contributed by atoms with E-state index in [1.54, 1.807) is 0 Å². The fourth-order valence-corrected chi connectivity index (χ4v) is 1.88. The van der Waals surface area contributed by atoms with Gasteiger partial charge in [0.15, 0.2) is 5.78 Å². The maximum Gasteiger partial charge on any atom is 0.163 e. The molecule has 0 radical (unpaired) electrons. The summed E-state index contributed by atoms with van der Waals surface area (Å²) in [6, 6.07) is 5.83. The first-order chi connectivity index (χ1) is 6.19. The van der Waals surface area contributed by atoms with Gasteiger partial charge in [0, 0.05) is 21.8 Å². The quantitative estimate of drug-likeness (QED) is 0.611. The molecule has 13 heavy (non-hydrogen) atoms. The van der Waals surface area contributed by atoms with Crippen LogP contribution in [0.1, 0.15) is 29.3 Å². The first kappa shape index (κ1) is 10.9. The van der Waals surface area contributed by atoms with E-state index in [4.69, 9.17) is 0 Å². The van der Waals surface area contributed by atoms with E-state index < -0.39 is 0 Å². The highest BCUT2D eigenvalue weighted by Crippen LogP contribution is 2.21. The summed E-state index contributed by atoms with van der Waals surface area (Å²) in [5.41, 5.74) is 1.90. The molecule has 0 aliphatic heterocycles. The van der Waals surface area contributed by atoms with Gasteiger partial charge in [0.1, 0.15) is 0 Å². The number of halogens is 2. The van der Waals surface area contributed by atoms with Crippen LogP contribution < -0.4 is 0 Å². The van der Waals surface area contributed by atoms with Gasteiger partial charge >= 0.3 is 0 Å². The van der Waals surface area contributed by atoms with Crippen molar-refractivity contribution >= 4 is 37.6 Å². The third kappa shape index (κ3) is 2.64. The monoisotopic (exact) mass is 304 g/mol. The molecule has 0 spiro atoms. The molecule has 0 aliphatic rings. The van der Waals surface area contributed by atoms with Gasteiger partial charge < -0.3 is 0 Å². The first-order valence-electron chi connectivity index (χ1n) is 4.06. The minimum atomic E-state index is 0.176. The Morgan fingerprint density at radius 3 is 2.69 bits per heavy atom. The van der Waals surface area contributed by atoms with Crippen molar-refractivity contribution in [2.24, 2.45) is 0 Å². The average Bonchev–Trinajstić information content (AvgIpc) is 2.17. The lowest BCUT2D eigenvalue weighted by atomic mass is 10.1. The molecule has 0 atom stereocenters. The number of carbonyl (C=O) groups is 1. The van der Waals surface area contributed by atoms with Crippen LogP contribution in [0.25, 0.3) is 0 Å². The number of alkyl halides is 1. The molecular weight excluding hydrogens is 296 g/mol. The van der Waals surface area contributed by atoms with E-state index in [1.807, 2.05) is 25.1 Å². The molecule has 0 bridgehead atoms. The van der Waals surface area contributed by atoms with E-state index in [-0.39, 0.29) is 5.78 Å². The Morgan fingerprint density at radius 2 is 2.15 bits per heavy atom. The highest BCUT2D eigenvalue weighted by atomic mass is 79.9. The molecule has 0 unspecified atom stereocenters. The molecule has 3 heteroatoms. The Kier molecular flexibility index (Phi) is 4.13. The van der Waals surface area contributed by atoms with E-state index >= 15 is 0 Å². The van der Waals surface area contributed by atoms with Crippen molar-refractivity contribution < 1.29 is 4.79 Å². The Hall–Kier alpha value is -0.150. The van der Waals surface area contributed by atoms with Crippen molar-refractivity contribution in [1.82, 2.24) is 0 Å². The van der Waals surface area contributed by atoms with Crippen molar-refractivity contribution in [3.63, 3.8) is 0 Å². The molecular formula is C10H10Br2O. The number of carbonyl (C=O) groups excluding carboxylic acids is 1. The van der Waals surface area contributed by atoms with Crippen molar-refractivity contribution in [1.29, 1.82) is 0 Å². The molecule has 0 aliphatic carbocycles. The summed E-state index contributed by atoms with van der Waals surface area (Å²) in [7, 11) is 0. The molecule has 70 valence electrons. The number of Topliss-reactive ketones (excluding diaryl/α,β-unsaturated/α-hetero) is 1. The summed E-state index contributed by atoms with van der Waals surface area (Å²) in [4.78, 5) is 11.5. The molecule has 0 saturated carbocycles. The highest BCUT2D eigenvalue weighted by molar-refractivity contribution is 9.10. The Labute approximate surface area is 94.8 Å². The topological polar surface area (TPSA) is 17.1 Å². The summed E-state index contributed by atoms with van der Waals surface area (Å²) >= 11 is 6.73. The summed E-state index contributed by atoms with van der Waals surface area (Å²) in [5.74, 6) is 0.176. The lowest BCUT2D eigenvalue weighted by Gasteiger charge is -2.03. The van der Waals surface area contributed by atoms with E-state index in [1.165, 1.54) is 0 Å². The maximum atomic E-state index is 11.5. The second-order valence-corrected chi connectivity index (χ2v) is 4.14. The number of hydrogen-bond donors (Lipinski definition) is 0. The molecule has 1 nitrogen and oxygen atoms in total. The minimum absolute atomic E-state index is 0.176. The molecule has 0 N–H and O–H groups in total. The zero-order valence-corrected chi connectivity index (χ0v) is 10.5. The van der Waals surface area contributed by atoms with Gasteiger partial charge in [0.05, 0.1) is 0 Å². The third-order valence-corrected chi connectivity index (χ3v) is 3.15. The van der Waals surface area contributed by atoms with Gasteiger partial charge in [-0.2, -0.15) is 0 Å². The van der Waals surface area contributed by atoms with E-state index in [9.17, 15) is 4.79 Å². The zero-order chi connectivity index (χ0) is 9.84. The standard InChI is InChI=1S/C10H10Br2O/c1-2-10(13)8-5-7(6-11)3-4-9(8)12/h3-5H,2,6H2,1H3. The molecule has 1 rings (SSSR count). The Morgan fingerprint density at radius 1 is 1.46 bits per heavy atom. The average molecular weight is 306 g/mol. The van der Waals surface area contributed by atoms with Gasteiger partial charge in [-0.1, -0.05) is 44.8 Å². The molecule has 1 aromatic rings. The third-order valence-electron chi connectivity index (χ3n) is 1.81. The van der Waals surface area contributed by atoms with Gasteiger partial charge in [-0.25, -0.2) is 0 Å². The van der Waals surface area contributed by atoms with Crippen molar-refractivity contribution in [2.45, 2.75) is 18.7 Å². The summed E-state index contributed by atoms with van der Waals surface area (Å²) < 4.78 is 0.879. The number of rotatable bonds is 3. The largest absolute Gasteiger partial charge is 0.294 e. The predicted octanol–water partition coefficient (Wildman–Crippen LogP) is 3.94. The van der Waals surface area contributed by atoms with E-state index in [2.05, 4.69) is 31.9 Å². The minimum Gasteiger partial charge on any atom is -0.294 e. The smallest absolute Gasteiger partial charge is 0.163 e. The van der Waals surface area contributed by atoms with Crippen LogP contribution >= 0.6 is 31.9 Å². The van der Waals surface area contributed by atoms with Crippen LogP contribution in [-0.2, 0) is 5.33 Å². The van der Waals surface area contributed by atoms with Crippen molar-refractivity contribution in [3.05, 3.63) is 33.8 Å². The van der Waals surface area contributed by atoms with Crippen molar-refractivity contribution in [3.8, 4) is 0 Å². The van der Waals surface area contributed by atoms with Crippen LogP contribution in [0, 0.1) is 0 Å². The Bertz CT molecular complexity index is 321. The highest BCUT2D eigenvalue weighted by Gasteiger charge is 2.07. The summed E-state index contributed by atoms with van der Waals surface area (Å²) in [5, 5.41) is 0.782. The van der Waals surface area contributed by atoms with Gasteiger partial charge in [-0.3, -0.25) is 4.79 Å². The van der Waals surface area contributed by atoms with Crippen LogP contribution in [-0.4, -0.2) is 5.78 Å². The fraction of sp³-hybridized carbons (Fsp3) is 0.300. The fourth-order valence-electron chi connectivity index (χ4n) is 1.06. The second-order valence-electron chi connectivity index (χ2n) is 2.72. The van der Waals surface area contributed by atoms with Crippen LogP contribution in [0.15, 0.2) is 22.7 Å². The number of hydrogen-bond acceptors (Lipinski definition) is 1. The molecule has 0 heterocycles. The Balaban J connectivity index is 3.11. The summed E-state index contributed by atoms with van der Waals surface area (Å²) in [6.07, 6.45) is 0.546. The molecule has 0 saturated heterocycles. The molecule has 0 fully saturated rings. The van der Waals surface area contributed by atoms with E-state index in [0.717, 1.165) is 20.9 Å². The second kappa shape index (κ2) is 4.91. The van der Waals surface area contributed by atoms with Crippen LogP contribution in [0.2, 0.25) is 0 Å². The van der Waals surface area contributed by atoms with Crippen LogP contribution in [0.5, 0.6) is 0 Å². The molecule has 0 amide bonds. The predicted molar refractivity (Wildman–Crippen MR) is 61.4 cm³/mol. The lowest BCUT2D eigenvalue weighted by Crippen LogP contribution is -1.98. The normalized spacial score (nSPS) is 10.1. The SMILES string of the molecule is CCC(=O)c1cc(CBr)ccc1Br. The van der Waals surface area contributed by atoms with Crippen LogP contribution in [0.4, 0.5) is 0 Å². The van der Waals surface area contributed by atoms with Gasteiger partial charge in [-0.05, 0) is 17.7 Å². The zero-order valence-electron chi connectivity index (χ0n) is 7.31. The van der Waals surface area contributed by atoms with Gasteiger partial charge in [-0.15, -0.1) is 0 Å². The number of benzene rings is 1. The lowest BCUT2D eigenvalue weighted by molar-refractivity contribution is 0.0987. The first-order valence-corrected chi connectivity index (χ1v) is 5.98. The van der Waals surface area contributed by atoms with Gasteiger partial charge in [0.2, 0.25) is 0 Å². The van der Waals surface area contributed by atoms with Gasteiger partial charge in [0.25, 0.3) is 0 Å². The molecule has 0 aromatic heterocycles. The maximum absolute atomic E-state index is 11.5. The summed E-state index contributed by atoms with van der Waals surface area (Å²) in [6.45, 7) is 1.87. The van der Waals surface area contributed by atoms with E-state index in [0.29, 0.717) is 6.42 Å². The number of ketones is 1. The molecule has 1 aromatic carbocycles. The van der Waals surface area contributed by atoms with Crippen molar-refractivity contribution in [2.75, 3.05) is 0 Å².